The number of hydrogen-bond donors (Lipinski definition) is 1. The van der Waals surface area contributed by atoms with Crippen molar-refractivity contribution in [3.63, 3.8) is 0 Å². The van der Waals surface area contributed by atoms with E-state index in [1.807, 2.05) is 18.2 Å². The number of methoxy groups -OCH3 is 1. The van der Waals surface area contributed by atoms with E-state index >= 15 is 0 Å². The summed E-state index contributed by atoms with van der Waals surface area (Å²) >= 11 is 1.46. The molecule has 0 spiro atoms. The number of aromatic nitrogens is 2. The van der Waals surface area contributed by atoms with Crippen molar-refractivity contribution < 1.29 is 9.53 Å². The minimum Gasteiger partial charge on any atom is -0.469 e. The molecule has 110 valence electrons. The van der Waals surface area contributed by atoms with Crippen LogP contribution in [0.5, 0.6) is 0 Å². The maximum atomic E-state index is 11.6. The second-order valence-electron chi connectivity index (χ2n) is 4.38. The Labute approximate surface area is 126 Å². The Hall–Kier alpha value is -2.08. The van der Waals surface area contributed by atoms with Gasteiger partial charge in [-0.15, -0.1) is 0 Å². The van der Waals surface area contributed by atoms with Crippen LogP contribution in [0.1, 0.15) is 11.3 Å². The summed E-state index contributed by atoms with van der Waals surface area (Å²) in [6.45, 7) is 0. The van der Waals surface area contributed by atoms with Crippen molar-refractivity contribution >= 4 is 17.7 Å². The molecule has 0 aliphatic carbocycles. The van der Waals surface area contributed by atoms with E-state index in [0.29, 0.717) is 10.9 Å². The number of hydrogen-bond acceptors (Lipinski definition) is 5. The highest BCUT2D eigenvalue weighted by molar-refractivity contribution is 7.99. The van der Waals surface area contributed by atoms with E-state index in [4.69, 9.17) is 0 Å². The van der Waals surface area contributed by atoms with Gasteiger partial charge in [0.1, 0.15) is 0 Å². The van der Waals surface area contributed by atoms with Crippen molar-refractivity contribution in [1.29, 1.82) is 0 Å². The lowest BCUT2D eigenvalue weighted by atomic mass is 10.2. The molecule has 1 N–H and O–H groups in total. The summed E-state index contributed by atoms with van der Waals surface area (Å²) < 4.78 is 4.57. The smallest absolute Gasteiger partial charge is 0.311 e. The molecule has 1 aromatic carbocycles. The molecule has 0 saturated carbocycles. The first-order chi connectivity index (χ1) is 10.2. The van der Waals surface area contributed by atoms with Crippen LogP contribution in [0.3, 0.4) is 0 Å². The molecule has 6 heteroatoms. The lowest BCUT2D eigenvalue weighted by Gasteiger charge is -2.04. The number of rotatable bonds is 6. The molecular weight excluding hydrogens is 288 g/mol. The number of benzene rings is 1. The highest BCUT2D eigenvalue weighted by atomic mass is 32.2. The van der Waals surface area contributed by atoms with Gasteiger partial charge in [0.25, 0.3) is 5.56 Å². The van der Waals surface area contributed by atoms with Gasteiger partial charge in [-0.1, -0.05) is 42.1 Å². The number of thioether (sulfide) groups is 1. The molecule has 0 fully saturated rings. The Balaban J connectivity index is 1.96. The number of carbonyl (C=O) groups is 1. The molecular formula is C15H16N2O3S. The Morgan fingerprint density at radius 1 is 1.33 bits per heavy atom. The minimum absolute atomic E-state index is 0.00661. The van der Waals surface area contributed by atoms with Crippen molar-refractivity contribution in [1.82, 2.24) is 9.97 Å². The van der Waals surface area contributed by atoms with Gasteiger partial charge < -0.3 is 9.72 Å². The van der Waals surface area contributed by atoms with Crippen LogP contribution >= 0.6 is 11.8 Å². The molecule has 0 aliphatic rings. The van der Waals surface area contributed by atoms with Gasteiger partial charge in [-0.05, 0) is 12.0 Å². The van der Waals surface area contributed by atoms with Crippen LogP contribution in [0.15, 0.2) is 46.3 Å². The Morgan fingerprint density at radius 3 is 2.81 bits per heavy atom. The number of H-pyrrole nitrogens is 1. The van der Waals surface area contributed by atoms with E-state index in [0.717, 1.165) is 12.2 Å². The number of esters is 1. The Morgan fingerprint density at radius 2 is 2.10 bits per heavy atom. The average Bonchev–Trinajstić information content (AvgIpc) is 2.47. The third-order valence-electron chi connectivity index (χ3n) is 2.80. The van der Waals surface area contributed by atoms with Crippen molar-refractivity contribution in [2.24, 2.45) is 0 Å². The normalized spacial score (nSPS) is 10.3. The van der Waals surface area contributed by atoms with E-state index in [1.165, 1.54) is 30.5 Å². The van der Waals surface area contributed by atoms with Gasteiger partial charge in [-0.25, -0.2) is 4.98 Å². The molecule has 21 heavy (non-hydrogen) atoms. The predicted octanol–water partition coefficient (Wildman–Crippen LogP) is 1.82. The van der Waals surface area contributed by atoms with Crippen LogP contribution in [0.4, 0.5) is 0 Å². The molecule has 0 bridgehead atoms. The molecule has 1 heterocycles. The van der Waals surface area contributed by atoms with Gasteiger partial charge in [-0.3, -0.25) is 9.59 Å². The van der Waals surface area contributed by atoms with Crippen molar-refractivity contribution in [3.05, 3.63) is 58.0 Å². The monoisotopic (exact) mass is 304 g/mol. The Kier molecular flexibility index (Phi) is 5.57. The summed E-state index contributed by atoms with van der Waals surface area (Å²) in [6.07, 6.45) is 0.892. The van der Waals surface area contributed by atoms with Crippen molar-refractivity contribution in [2.45, 2.75) is 18.0 Å². The summed E-state index contributed by atoms with van der Waals surface area (Å²) in [5, 5.41) is 0.525. The summed E-state index contributed by atoms with van der Waals surface area (Å²) in [6, 6.07) is 11.4. The zero-order valence-corrected chi connectivity index (χ0v) is 12.5. The fraction of sp³-hybridized carbons (Fsp3) is 0.267. The zero-order valence-electron chi connectivity index (χ0n) is 11.7. The lowest BCUT2D eigenvalue weighted by Crippen LogP contribution is -2.14. The van der Waals surface area contributed by atoms with Gasteiger partial charge in [0, 0.05) is 11.8 Å². The van der Waals surface area contributed by atoms with E-state index in [1.54, 1.807) is 0 Å². The molecule has 0 aliphatic heterocycles. The zero-order chi connectivity index (χ0) is 15.1. The van der Waals surface area contributed by atoms with E-state index in [2.05, 4.69) is 26.8 Å². The molecule has 5 nitrogen and oxygen atoms in total. The topological polar surface area (TPSA) is 72.1 Å². The first kappa shape index (κ1) is 15.3. The number of carbonyl (C=O) groups excluding carboxylic acids is 1. The molecule has 0 saturated heterocycles. The number of aromatic amines is 1. The van der Waals surface area contributed by atoms with Gasteiger partial charge in [0.15, 0.2) is 5.16 Å². The minimum atomic E-state index is -0.409. The van der Waals surface area contributed by atoms with Gasteiger partial charge in [-0.2, -0.15) is 0 Å². The van der Waals surface area contributed by atoms with E-state index < -0.39 is 5.97 Å². The third-order valence-corrected chi connectivity index (χ3v) is 3.67. The number of nitrogens with zero attached hydrogens (tertiary/aromatic N) is 1. The quantitative estimate of drug-likeness (QED) is 0.501. The van der Waals surface area contributed by atoms with Crippen LogP contribution in [0, 0.1) is 0 Å². The molecule has 2 aromatic rings. The SMILES string of the molecule is COC(=O)Cc1cc(=O)[nH]c(SCCc2ccccc2)n1. The molecule has 1 aromatic heterocycles. The highest BCUT2D eigenvalue weighted by Gasteiger charge is 2.07. The van der Waals surface area contributed by atoms with Crippen molar-refractivity contribution in [3.8, 4) is 0 Å². The molecule has 2 rings (SSSR count). The number of nitrogens with one attached hydrogen (secondary N) is 1. The van der Waals surface area contributed by atoms with Gasteiger partial charge >= 0.3 is 5.97 Å². The lowest BCUT2D eigenvalue weighted by molar-refractivity contribution is -0.139. The molecule has 0 radical (unpaired) electrons. The largest absolute Gasteiger partial charge is 0.469 e. The fourth-order valence-corrected chi connectivity index (χ4v) is 2.66. The van der Waals surface area contributed by atoms with Gasteiger partial charge in [0.05, 0.1) is 19.2 Å². The van der Waals surface area contributed by atoms with Crippen molar-refractivity contribution in [2.75, 3.05) is 12.9 Å². The van der Waals surface area contributed by atoms with Gasteiger partial charge in [0.2, 0.25) is 0 Å². The van der Waals surface area contributed by atoms with E-state index in [-0.39, 0.29) is 12.0 Å². The highest BCUT2D eigenvalue weighted by Crippen LogP contribution is 2.14. The van der Waals surface area contributed by atoms with Crippen LogP contribution in [0.25, 0.3) is 0 Å². The van der Waals surface area contributed by atoms with Crippen LogP contribution < -0.4 is 5.56 Å². The van der Waals surface area contributed by atoms with E-state index in [9.17, 15) is 9.59 Å². The third kappa shape index (κ3) is 5.07. The maximum absolute atomic E-state index is 11.6. The van der Waals surface area contributed by atoms with Crippen LogP contribution in [-0.2, 0) is 22.4 Å². The second kappa shape index (κ2) is 7.64. The first-order valence-electron chi connectivity index (χ1n) is 6.51. The fourth-order valence-electron chi connectivity index (χ4n) is 1.77. The number of ether oxygens (including phenoxy) is 1. The molecule has 0 unspecified atom stereocenters. The predicted molar refractivity (Wildman–Crippen MR) is 81.4 cm³/mol. The Bertz CT molecular complexity index is 655. The summed E-state index contributed by atoms with van der Waals surface area (Å²) in [4.78, 5) is 29.7. The standard InChI is InChI=1S/C15H16N2O3S/c1-20-14(19)10-12-9-13(18)17-15(16-12)21-8-7-11-5-3-2-4-6-11/h2-6,9H,7-8,10H2,1H3,(H,16,17,18). The maximum Gasteiger partial charge on any atom is 0.311 e. The average molecular weight is 304 g/mol. The summed E-state index contributed by atoms with van der Waals surface area (Å²) in [5.41, 5.74) is 1.40. The summed E-state index contributed by atoms with van der Waals surface area (Å²) in [5.74, 6) is 0.391. The molecule has 0 amide bonds. The van der Waals surface area contributed by atoms with Crippen LogP contribution in [-0.4, -0.2) is 28.8 Å². The molecule has 0 atom stereocenters. The summed E-state index contributed by atoms with van der Waals surface area (Å²) in [7, 11) is 1.31. The number of aryl methyl sites for hydroxylation is 1. The first-order valence-corrected chi connectivity index (χ1v) is 7.49. The van der Waals surface area contributed by atoms with Crippen LogP contribution in [0.2, 0.25) is 0 Å². The second-order valence-corrected chi connectivity index (χ2v) is 5.46.